The Morgan fingerprint density at radius 2 is 1.37 bits per heavy atom. The van der Waals surface area contributed by atoms with E-state index in [2.05, 4.69) is 0 Å². The Bertz CT molecular complexity index is 1160. The van der Waals surface area contributed by atoms with E-state index in [0.717, 1.165) is 6.07 Å². The van der Waals surface area contributed by atoms with E-state index in [1.165, 1.54) is 55.5 Å². The number of aryl methyl sites for hydroxylation is 1. The Morgan fingerprint density at radius 3 is 1.91 bits per heavy atom. The first-order valence-corrected chi connectivity index (χ1v) is 10.4. The second-order valence-electron chi connectivity index (χ2n) is 7.91. The van der Waals surface area contributed by atoms with E-state index in [1.807, 2.05) is 0 Å². The lowest BCUT2D eigenvalue weighted by molar-refractivity contribution is -0.376. The lowest BCUT2D eigenvalue weighted by Gasteiger charge is -2.35. The minimum absolute atomic E-state index is 0.0224. The van der Waals surface area contributed by atoms with Crippen molar-refractivity contribution in [3.05, 3.63) is 88.5 Å². The van der Waals surface area contributed by atoms with Gasteiger partial charge in [-0.25, -0.2) is 0 Å². The first kappa shape index (κ1) is 26.5. The number of rotatable bonds is 7. The summed E-state index contributed by atoms with van der Waals surface area (Å²) in [5.41, 5.74) is -6.15. The van der Waals surface area contributed by atoms with Gasteiger partial charge >= 0.3 is 12.4 Å². The van der Waals surface area contributed by atoms with Crippen LogP contribution in [0.3, 0.4) is 0 Å². The highest BCUT2D eigenvalue weighted by Gasteiger charge is 2.73. The molecule has 10 heteroatoms. The summed E-state index contributed by atoms with van der Waals surface area (Å²) in [5, 5.41) is 29.1. The summed E-state index contributed by atoms with van der Waals surface area (Å²) in [4.78, 5) is 0. The number of ether oxygens (including phenoxy) is 1. The fourth-order valence-electron chi connectivity index (χ4n) is 3.76. The van der Waals surface area contributed by atoms with Crippen molar-refractivity contribution in [1.82, 2.24) is 0 Å². The maximum atomic E-state index is 14.0. The number of aliphatic hydroxyl groups excluding tert-OH is 2. The van der Waals surface area contributed by atoms with Gasteiger partial charge in [-0.2, -0.15) is 26.3 Å². The molecule has 0 aromatic heterocycles. The smallest absolute Gasteiger partial charge is 0.430 e. The van der Waals surface area contributed by atoms with E-state index in [4.69, 9.17) is 4.74 Å². The fourth-order valence-corrected chi connectivity index (χ4v) is 3.76. The second-order valence-corrected chi connectivity index (χ2v) is 7.91. The van der Waals surface area contributed by atoms with Crippen molar-refractivity contribution in [3.63, 3.8) is 0 Å². The Balaban J connectivity index is 2.23. The summed E-state index contributed by atoms with van der Waals surface area (Å²) in [5.74, 6) is -0.764. The standard InChI is InChI=1S/C25H22F6O4/c1-15-7-10-20(17-5-3-2-4-6-17)21(23(34,24(26,27)28)25(29,30)31)22(15)35-14-16-8-9-18(12-32)19(11-16)13-33/h2-11,32-34H,12-14H2,1H3. The van der Waals surface area contributed by atoms with E-state index in [9.17, 15) is 41.7 Å². The van der Waals surface area contributed by atoms with E-state index < -0.39 is 48.0 Å². The van der Waals surface area contributed by atoms with Crippen molar-refractivity contribution in [1.29, 1.82) is 0 Å². The third-order valence-electron chi connectivity index (χ3n) is 5.62. The van der Waals surface area contributed by atoms with Gasteiger partial charge in [0.2, 0.25) is 0 Å². The topological polar surface area (TPSA) is 69.9 Å². The van der Waals surface area contributed by atoms with Crippen LogP contribution in [0.5, 0.6) is 5.75 Å². The Kier molecular flexibility index (Phi) is 7.49. The van der Waals surface area contributed by atoms with Crippen molar-refractivity contribution in [2.24, 2.45) is 0 Å². The average Bonchev–Trinajstić information content (AvgIpc) is 2.81. The molecule has 3 aromatic rings. The van der Waals surface area contributed by atoms with Crippen LogP contribution in [0.15, 0.2) is 60.7 Å². The number of hydrogen-bond acceptors (Lipinski definition) is 4. The number of aliphatic hydroxyl groups is 3. The first-order chi connectivity index (χ1) is 16.3. The van der Waals surface area contributed by atoms with Crippen molar-refractivity contribution < 1.29 is 46.4 Å². The third kappa shape index (κ3) is 5.00. The van der Waals surface area contributed by atoms with E-state index in [-0.39, 0.29) is 17.7 Å². The van der Waals surface area contributed by atoms with Gasteiger partial charge in [-0.1, -0.05) is 54.6 Å². The van der Waals surface area contributed by atoms with Gasteiger partial charge in [-0.15, -0.1) is 0 Å². The minimum atomic E-state index is -6.12. The molecule has 35 heavy (non-hydrogen) atoms. The molecular formula is C25H22F6O4. The number of halogens is 6. The van der Waals surface area contributed by atoms with Crippen LogP contribution in [0.1, 0.15) is 27.8 Å². The number of hydrogen-bond donors (Lipinski definition) is 3. The first-order valence-electron chi connectivity index (χ1n) is 10.4. The third-order valence-corrected chi connectivity index (χ3v) is 5.62. The SMILES string of the molecule is Cc1ccc(-c2ccccc2)c(C(O)(C(F)(F)F)C(F)(F)F)c1OCc1ccc(CO)c(CO)c1. The molecule has 0 aliphatic heterocycles. The molecular weight excluding hydrogens is 478 g/mol. The number of alkyl halides is 6. The zero-order valence-electron chi connectivity index (χ0n) is 18.4. The molecule has 0 saturated carbocycles. The van der Waals surface area contributed by atoms with E-state index >= 15 is 0 Å². The van der Waals surface area contributed by atoms with Crippen LogP contribution in [0.25, 0.3) is 11.1 Å². The molecule has 0 radical (unpaired) electrons. The molecule has 0 aliphatic rings. The van der Waals surface area contributed by atoms with Gasteiger partial charge in [0.05, 0.1) is 18.8 Å². The van der Waals surface area contributed by atoms with Crippen LogP contribution in [-0.2, 0) is 25.4 Å². The molecule has 3 rings (SSSR count). The van der Waals surface area contributed by atoms with Crippen LogP contribution in [0, 0.1) is 6.92 Å². The largest absolute Gasteiger partial charge is 0.488 e. The van der Waals surface area contributed by atoms with Crippen molar-refractivity contribution in [3.8, 4) is 16.9 Å². The van der Waals surface area contributed by atoms with Gasteiger partial charge in [0.25, 0.3) is 5.60 Å². The molecule has 4 nitrogen and oxygen atoms in total. The van der Waals surface area contributed by atoms with Crippen LogP contribution < -0.4 is 4.74 Å². The van der Waals surface area contributed by atoms with Gasteiger partial charge in [-0.3, -0.25) is 0 Å². The highest BCUT2D eigenvalue weighted by Crippen LogP contribution is 2.55. The Hall–Kier alpha value is -3.08. The molecule has 0 spiro atoms. The summed E-state index contributed by atoms with van der Waals surface area (Å²) >= 11 is 0. The second kappa shape index (κ2) is 9.88. The van der Waals surface area contributed by atoms with Crippen LogP contribution >= 0.6 is 0 Å². The summed E-state index contributed by atoms with van der Waals surface area (Å²) in [6, 6.07) is 13.8. The average molecular weight is 500 g/mol. The summed E-state index contributed by atoms with van der Waals surface area (Å²) < 4.78 is 89.3. The van der Waals surface area contributed by atoms with Gasteiger partial charge in [-0.05, 0) is 46.4 Å². The maximum absolute atomic E-state index is 14.0. The molecule has 0 heterocycles. The monoisotopic (exact) mass is 500 g/mol. The maximum Gasteiger partial charge on any atom is 0.430 e. The Labute approximate surface area is 197 Å². The predicted octanol–water partition coefficient (Wildman–Crippen LogP) is 5.54. The lowest BCUT2D eigenvalue weighted by atomic mass is 9.83. The molecule has 3 N–H and O–H groups in total. The van der Waals surface area contributed by atoms with Crippen molar-refractivity contribution in [2.45, 2.75) is 44.7 Å². The predicted molar refractivity (Wildman–Crippen MR) is 115 cm³/mol. The molecule has 0 aliphatic carbocycles. The molecule has 0 fully saturated rings. The summed E-state index contributed by atoms with van der Waals surface area (Å²) in [7, 11) is 0. The van der Waals surface area contributed by atoms with E-state index in [0.29, 0.717) is 16.7 Å². The van der Waals surface area contributed by atoms with Crippen molar-refractivity contribution in [2.75, 3.05) is 0 Å². The van der Waals surface area contributed by atoms with E-state index in [1.54, 1.807) is 6.07 Å². The molecule has 0 unspecified atom stereocenters. The quantitative estimate of drug-likeness (QED) is 0.373. The van der Waals surface area contributed by atoms with Gasteiger partial charge < -0.3 is 20.1 Å². The molecule has 3 aromatic carbocycles. The highest BCUT2D eigenvalue weighted by atomic mass is 19.4. The van der Waals surface area contributed by atoms with Crippen molar-refractivity contribution >= 4 is 0 Å². The lowest BCUT2D eigenvalue weighted by Crippen LogP contribution is -2.54. The fraction of sp³-hybridized carbons (Fsp3) is 0.280. The molecule has 188 valence electrons. The summed E-state index contributed by atoms with van der Waals surface area (Å²) in [6.45, 7) is -0.00558. The van der Waals surface area contributed by atoms with Gasteiger partial charge in [0.1, 0.15) is 12.4 Å². The van der Waals surface area contributed by atoms with Gasteiger partial charge in [0, 0.05) is 0 Å². The Morgan fingerprint density at radius 1 is 0.771 bits per heavy atom. The molecule has 0 amide bonds. The molecule has 0 bridgehead atoms. The minimum Gasteiger partial charge on any atom is -0.488 e. The van der Waals surface area contributed by atoms with Gasteiger partial charge in [0.15, 0.2) is 0 Å². The highest BCUT2D eigenvalue weighted by molar-refractivity contribution is 5.73. The molecule has 0 atom stereocenters. The zero-order valence-corrected chi connectivity index (χ0v) is 18.4. The van der Waals surface area contributed by atoms with Crippen LogP contribution in [-0.4, -0.2) is 27.7 Å². The zero-order chi connectivity index (χ0) is 26.0. The summed E-state index contributed by atoms with van der Waals surface area (Å²) in [6.07, 6.45) is -12.2. The van der Waals surface area contributed by atoms with Crippen LogP contribution in [0.4, 0.5) is 26.3 Å². The molecule has 0 saturated heterocycles. The van der Waals surface area contributed by atoms with Crippen LogP contribution in [0.2, 0.25) is 0 Å². The normalized spacial score (nSPS) is 12.6. The number of benzene rings is 3.